The van der Waals surface area contributed by atoms with E-state index >= 15 is 0 Å². The van der Waals surface area contributed by atoms with Gasteiger partial charge in [-0.2, -0.15) is 0 Å². The lowest BCUT2D eigenvalue weighted by Crippen LogP contribution is -1.85. The molecule has 0 N–H and O–H groups in total. The van der Waals surface area contributed by atoms with Gasteiger partial charge >= 0.3 is 0 Å². The van der Waals surface area contributed by atoms with Crippen molar-refractivity contribution in [1.82, 2.24) is 15.0 Å². The van der Waals surface area contributed by atoms with Crippen LogP contribution in [-0.4, -0.2) is 15.0 Å². The van der Waals surface area contributed by atoms with Crippen molar-refractivity contribution in [3.63, 3.8) is 0 Å². The molecule has 0 aliphatic rings. The second-order valence-corrected chi connectivity index (χ2v) is 7.13. The van der Waals surface area contributed by atoms with E-state index in [2.05, 4.69) is 35.7 Å². The number of rotatable bonds is 3. The second-order valence-electron chi connectivity index (χ2n) is 4.02. The second kappa shape index (κ2) is 6.75. The molecule has 3 aromatic rings. The molecule has 22 heavy (non-hydrogen) atoms. The van der Waals surface area contributed by atoms with Crippen molar-refractivity contribution in [3.05, 3.63) is 57.0 Å². The van der Waals surface area contributed by atoms with E-state index in [4.69, 9.17) is 18.2 Å². The van der Waals surface area contributed by atoms with E-state index in [9.17, 15) is 0 Å². The molecule has 0 bridgehead atoms. The third-order valence-corrected chi connectivity index (χ3v) is 5.38. The Morgan fingerprint density at radius 1 is 1.27 bits per heavy atom. The number of thiazole rings is 1. The van der Waals surface area contributed by atoms with Crippen LogP contribution in [0.4, 0.5) is 5.82 Å². The molecule has 4 nitrogen and oxygen atoms in total. The van der Waals surface area contributed by atoms with E-state index in [0.717, 1.165) is 20.5 Å². The Bertz CT molecular complexity index is 858. The van der Waals surface area contributed by atoms with Crippen molar-refractivity contribution in [1.29, 1.82) is 0 Å². The Labute approximate surface area is 148 Å². The van der Waals surface area contributed by atoms with Gasteiger partial charge < -0.3 is 4.85 Å². The zero-order chi connectivity index (χ0) is 15.5. The van der Waals surface area contributed by atoms with Crippen molar-refractivity contribution in [2.24, 2.45) is 0 Å². The molecule has 0 saturated carbocycles. The van der Waals surface area contributed by atoms with Crippen molar-refractivity contribution >= 4 is 56.4 Å². The van der Waals surface area contributed by atoms with Crippen LogP contribution >= 0.6 is 50.6 Å². The van der Waals surface area contributed by atoms with Crippen LogP contribution in [0.25, 0.3) is 15.4 Å². The molecular weight excluding hydrogens is 404 g/mol. The quantitative estimate of drug-likeness (QED) is 0.519. The van der Waals surface area contributed by atoms with E-state index in [1.807, 2.05) is 18.2 Å². The van der Waals surface area contributed by atoms with Crippen LogP contribution in [0, 0.1) is 6.57 Å². The van der Waals surface area contributed by atoms with Crippen LogP contribution in [0.2, 0.25) is 5.02 Å². The monoisotopic (exact) mass is 408 g/mol. The molecule has 0 atom stereocenters. The third-order valence-electron chi connectivity index (χ3n) is 2.61. The molecule has 0 saturated heterocycles. The first-order valence-corrected chi connectivity index (χ1v) is 8.81. The molecule has 2 heterocycles. The number of hydrogen-bond acceptors (Lipinski definition) is 5. The van der Waals surface area contributed by atoms with Crippen molar-refractivity contribution in [2.75, 3.05) is 0 Å². The maximum atomic E-state index is 6.99. The standard InChI is InChI=1S/C14H6BrClN4S2/c1-17-11-7-21-14(20-11)8-3-2-4-9(13(8)16)22-12-6-18-10(15)5-19-12/h2-7H. The van der Waals surface area contributed by atoms with Crippen LogP contribution in [0.1, 0.15) is 0 Å². The summed E-state index contributed by atoms with van der Waals surface area (Å²) in [5, 5.41) is 3.81. The summed E-state index contributed by atoms with van der Waals surface area (Å²) in [6, 6.07) is 5.73. The lowest BCUT2D eigenvalue weighted by Gasteiger charge is -2.05. The fourth-order valence-electron chi connectivity index (χ4n) is 1.66. The molecule has 2 aromatic heterocycles. The predicted octanol–water partition coefficient (Wildman–Crippen LogP) is 5.72. The molecule has 1 aromatic carbocycles. The van der Waals surface area contributed by atoms with Crippen LogP contribution < -0.4 is 0 Å². The van der Waals surface area contributed by atoms with Gasteiger partial charge in [0.2, 0.25) is 5.01 Å². The average molecular weight is 410 g/mol. The van der Waals surface area contributed by atoms with Crippen LogP contribution in [-0.2, 0) is 0 Å². The highest BCUT2D eigenvalue weighted by molar-refractivity contribution is 9.10. The van der Waals surface area contributed by atoms with Crippen LogP contribution in [0.5, 0.6) is 0 Å². The lowest BCUT2D eigenvalue weighted by atomic mass is 10.2. The zero-order valence-corrected chi connectivity index (χ0v) is 14.8. The molecule has 0 amide bonds. The molecule has 8 heteroatoms. The summed E-state index contributed by atoms with van der Waals surface area (Å²) >= 11 is 12.6. The maximum Gasteiger partial charge on any atom is 0.281 e. The number of nitrogens with zero attached hydrogens (tertiary/aromatic N) is 4. The molecule has 3 rings (SSSR count). The number of halogens is 2. The minimum atomic E-state index is 0.382. The molecule has 108 valence electrons. The Morgan fingerprint density at radius 2 is 2.14 bits per heavy atom. The first-order chi connectivity index (χ1) is 10.7. The Kier molecular flexibility index (Phi) is 4.74. The highest BCUT2D eigenvalue weighted by atomic mass is 79.9. The lowest BCUT2D eigenvalue weighted by molar-refractivity contribution is 1.03. The highest BCUT2D eigenvalue weighted by Crippen LogP contribution is 2.39. The van der Waals surface area contributed by atoms with Gasteiger partial charge in [-0.1, -0.05) is 36.0 Å². The van der Waals surface area contributed by atoms with Crippen molar-refractivity contribution in [3.8, 4) is 10.6 Å². The van der Waals surface area contributed by atoms with E-state index in [1.54, 1.807) is 17.8 Å². The summed E-state index contributed by atoms with van der Waals surface area (Å²) in [6.07, 6.45) is 3.32. The molecule has 0 aliphatic carbocycles. The van der Waals surface area contributed by atoms with E-state index < -0.39 is 0 Å². The zero-order valence-electron chi connectivity index (χ0n) is 10.8. The molecule has 0 fully saturated rings. The van der Waals surface area contributed by atoms with Crippen LogP contribution in [0.15, 0.2) is 50.5 Å². The van der Waals surface area contributed by atoms with E-state index in [0.29, 0.717) is 15.4 Å². The molecule has 0 radical (unpaired) electrons. The molecule has 0 spiro atoms. The fourth-order valence-corrected chi connectivity index (χ4v) is 3.80. The Balaban J connectivity index is 1.95. The van der Waals surface area contributed by atoms with E-state index in [1.165, 1.54) is 23.1 Å². The predicted molar refractivity (Wildman–Crippen MR) is 92.7 cm³/mol. The first kappa shape index (κ1) is 15.4. The average Bonchev–Trinajstić information content (AvgIpc) is 3.00. The summed E-state index contributed by atoms with van der Waals surface area (Å²) in [5.41, 5.74) is 0.816. The van der Waals surface area contributed by atoms with Gasteiger partial charge in [0, 0.05) is 10.3 Å². The third kappa shape index (κ3) is 3.31. The number of aromatic nitrogens is 3. The van der Waals surface area contributed by atoms with Gasteiger partial charge in [-0.3, -0.25) is 0 Å². The SMILES string of the molecule is [C-]#[N+]c1csc(-c2cccc(Sc3cnc(Br)cn3)c2Cl)n1. The van der Waals surface area contributed by atoms with Crippen molar-refractivity contribution in [2.45, 2.75) is 9.92 Å². The summed E-state index contributed by atoms with van der Waals surface area (Å²) in [5.74, 6) is 0.382. The summed E-state index contributed by atoms with van der Waals surface area (Å²) < 4.78 is 0.686. The topological polar surface area (TPSA) is 43.0 Å². The Hall–Kier alpha value is -1.46. The molecule has 0 aliphatic heterocycles. The summed E-state index contributed by atoms with van der Waals surface area (Å²) in [6.45, 7) is 6.99. The van der Waals surface area contributed by atoms with Crippen molar-refractivity contribution < 1.29 is 0 Å². The van der Waals surface area contributed by atoms with Crippen LogP contribution in [0.3, 0.4) is 0 Å². The largest absolute Gasteiger partial charge is 0.360 e. The van der Waals surface area contributed by atoms with Gasteiger partial charge in [-0.05, 0) is 28.1 Å². The number of hydrogen-bond donors (Lipinski definition) is 0. The smallest absolute Gasteiger partial charge is 0.281 e. The van der Waals surface area contributed by atoms with Gasteiger partial charge in [0.25, 0.3) is 5.82 Å². The maximum absolute atomic E-state index is 6.99. The fraction of sp³-hybridized carbons (Fsp3) is 0. The number of benzene rings is 1. The first-order valence-electron chi connectivity index (χ1n) is 5.94. The summed E-state index contributed by atoms with van der Waals surface area (Å²) in [7, 11) is 0. The summed E-state index contributed by atoms with van der Waals surface area (Å²) in [4.78, 5) is 16.9. The Morgan fingerprint density at radius 3 is 2.82 bits per heavy atom. The normalized spacial score (nSPS) is 10.4. The van der Waals surface area contributed by atoms with E-state index in [-0.39, 0.29) is 0 Å². The van der Waals surface area contributed by atoms with Gasteiger partial charge in [-0.15, -0.1) is 16.3 Å². The molecule has 0 unspecified atom stereocenters. The van der Waals surface area contributed by atoms with Gasteiger partial charge in [0.05, 0.1) is 23.0 Å². The molecular formula is C14H6BrClN4S2. The minimum Gasteiger partial charge on any atom is -0.360 e. The van der Waals surface area contributed by atoms with Gasteiger partial charge in [-0.25, -0.2) is 9.97 Å². The highest BCUT2D eigenvalue weighted by Gasteiger charge is 2.15. The minimum absolute atomic E-state index is 0.382. The van der Waals surface area contributed by atoms with Gasteiger partial charge in [0.1, 0.15) is 9.63 Å². The van der Waals surface area contributed by atoms with Gasteiger partial charge in [0.15, 0.2) is 0 Å².